The highest BCUT2D eigenvalue weighted by Crippen LogP contribution is 2.30. The lowest BCUT2D eigenvalue weighted by atomic mass is 10.1. The summed E-state index contributed by atoms with van der Waals surface area (Å²) in [5.74, 6) is 0.289. The van der Waals surface area contributed by atoms with E-state index in [4.69, 9.17) is 5.14 Å². The molecule has 0 atom stereocenters. The Balaban J connectivity index is 1.79. The van der Waals surface area contributed by atoms with E-state index in [2.05, 4.69) is 31.2 Å². The zero-order valence-corrected chi connectivity index (χ0v) is 16.9. The maximum atomic E-state index is 11.4. The van der Waals surface area contributed by atoms with Gasteiger partial charge in [0, 0.05) is 15.4 Å². The van der Waals surface area contributed by atoms with E-state index in [1.165, 1.54) is 12.1 Å². The molecule has 139 valence electrons. The van der Waals surface area contributed by atoms with Crippen LogP contribution in [0.1, 0.15) is 0 Å². The van der Waals surface area contributed by atoms with Gasteiger partial charge < -0.3 is 0 Å². The number of nitrogens with zero attached hydrogens (tertiary/aromatic N) is 3. The smallest absolute Gasteiger partial charge is 0.225 e. The largest absolute Gasteiger partial charge is 0.251 e. The van der Waals surface area contributed by atoms with Gasteiger partial charge >= 0.3 is 0 Å². The second kappa shape index (κ2) is 7.31. The van der Waals surface area contributed by atoms with Crippen LogP contribution in [-0.2, 0) is 10.0 Å². The molecule has 0 fully saturated rings. The third-order valence-corrected chi connectivity index (χ3v) is 5.51. The molecule has 2 N–H and O–H groups in total. The molecule has 1 radical (unpaired) electrons. The zero-order chi connectivity index (χ0) is 19.7. The average Bonchev–Trinajstić information content (AvgIpc) is 2.68. The van der Waals surface area contributed by atoms with Crippen molar-refractivity contribution >= 4 is 48.5 Å². The van der Waals surface area contributed by atoms with Crippen LogP contribution in [0.15, 0.2) is 82.2 Å². The summed E-state index contributed by atoms with van der Waals surface area (Å²) in [5.41, 5.74) is 3.01. The number of halogens is 1. The number of primary sulfonamides is 1. The van der Waals surface area contributed by atoms with Gasteiger partial charge in [-0.25, -0.2) is 28.8 Å². The minimum Gasteiger partial charge on any atom is -0.225 e. The van der Waals surface area contributed by atoms with E-state index < -0.39 is 10.0 Å². The van der Waals surface area contributed by atoms with Gasteiger partial charge in [-0.3, -0.25) is 0 Å². The highest BCUT2D eigenvalue weighted by Gasteiger charge is 2.12. The van der Waals surface area contributed by atoms with Gasteiger partial charge in [0.05, 0.1) is 21.8 Å². The van der Waals surface area contributed by atoms with Crippen LogP contribution in [0.25, 0.3) is 22.2 Å². The van der Waals surface area contributed by atoms with Gasteiger partial charge in [-0.15, -0.1) is 0 Å². The van der Waals surface area contributed by atoms with E-state index in [0.29, 0.717) is 5.69 Å². The summed E-state index contributed by atoms with van der Waals surface area (Å²) in [6.45, 7) is 0. The molecule has 4 aromatic rings. The Morgan fingerprint density at radius 3 is 2.29 bits per heavy atom. The van der Waals surface area contributed by atoms with Crippen LogP contribution in [0.3, 0.4) is 0 Å². The molecular formula is C20H14BrN4O2S. The highest BCUT2D eigenvalue weighted by molar-refractivity contribution is 9.10. The lowest BCUT2D eigenvalue weighted by molar-refractivity contribution is 0.598. The molecule has 1 heterocycles. The predicted molar refractivity (Wildman–Crippen MR) is 112 cm³/mol. The Morgan fingerprint density at radius 1 is 0.893 bits per heavy atom. The molecule has 0 spiro atoms. The summed E-state index contributed by atoms with van der Waals surface area (Å²) in [4.78, 5) is 9.19. The van der Waals surface area contributed by atoms with E-state index in [1.807, 2.05) is 48.5 Å². The van der Waals surface area contributed by atoms with E-state index >= 15 is 0 Å². The summed E-state index contributed by atoms with van der Waals surface area (Å²) in [6, 6.07) is 21.5. The first-order valence-electron chi connectivity index (χ1n) is 8.27. The quantitative estimate of drug-likeness (QED) is 0.498. The average molecular weight is 454 g/mol. The van der Waals surface area contributed by atoms with Crippen LogP contribution in [-0.4, -0.2) is 18.4 Å². The number of aromatic nitrogens is 2. The van der Waals surface area contributed by atoms with Gasteiger partial charge in [-0.1, -0.05) is 46.3 Å². The maximum Gasteiger partial charge on any atom is 0.251 e. The molecule has 28 heavy (non-hydrogen) atoms. The summed E-state index contributed by atoms with van der Waals surface area (Å²) in [6.07, 6.45) is 0. The molecular weight excluding hydrogens is 440 g/mol. The molecule has 0 saturated carbocycles. The van der Waals surface area contributed by atoms with Crippen molar-refractivity contribution in [1.29, 1.82) is 0 Å². The highest BCUT2D eigenvalue weighted by atomic mass is 79.9. The molecule has 0 bridgehead atoms. The molecule has 0 aliphatic carbocycles. The topological polar surface area (TPSA) is 100 Å². The fourth-order valence-electron chi connectivity index (χ4n) is 2.78. The molecule has 4 rings (SSSR count). The van der Waals surface area contributed by atoms with Crippen molar-refractivity contribution in [2.24, 2.45) is 5.14 Å². The molecule has 0 amide bonds. The number of nitrogens with two attached hydrogens (primary N) is 1. The standard InChI is InChI=1S/C20H14BrN4O2S/c21-14-6-11-18-17(12-14)19(13-4-2-1-3-5-13)25-20(24-18)23-15-7-9-16(10-8-15)28(22,26)27/h1-12H,(H2,22,26,27). The fraction of sp³-hybridized carbons (Fsp3) is 0. The van der Waals surface area contributed by atoms with E-state index in [-0.39, 0.29) is 10.8 Å². The van der Waals surface area contributed by atoms with Gasteiger partial charge in [-0.2, -0.15) is 0 Å². The molecule has 3 aromatic carbocycles. The minimum absolute atomic E-state index is 0.0284. The van der Waals surface area contributed by atoms with Crippen LogP contribution in [0.2, 0.25) is 0 Å². The lowest BCUT2D eigenvalue weighted by Gasteiger charge is -2.09. The van der Waals surface area contributed by atoms with Gasteiger partial charge in [0.25, 0.3) is 5.95 Å². The first-order valence-corrected chi connectivity index (χ1v) is 10.6. The van der Waals surface area contributed by atoms with Crippen molar-refractivity contribution in [2.45, 2.75) is 4.90 Å². The number of rotatable bonds is 4. The fourth-order valence-corrected chi connectivity index (χ4v) is 3.66. The van der Waals surface area contributed by atoms with Gasteiger partial charge in [0.15, 0.2) is 0 Å². The van der Waals surface area contributed by atoms with Gasteiger partial charge in [-0.05, 0) is 42.5 Å². The normalized spacial score (nSPS) is 11.5. The molecule has 6 nitrogen and oxygen atoms in total. The Bertz CT molecular complexity index is 1260. The van der Waals surface area contributed by atoms with Gasteiger partial charge in [0.2, 0.25) is 10.0 Å². The SMILES string of the molecule is NS(=O)(=O)c1ccc([N]c2nc(-c3ccccc3)c3cc(Br)ccc3n2)cc1. The van der Waals surface area contributed by atoms with Crippen molar-refractivity contribution in [3.8, 4) is 11.3 Å². The van der Waals surface area contributed by atoms with Crippen molar-refractivity contribution in [3.05, 3.63) is 77.3 Å². The monoisotopic (exact) mass is 453 g/mol. The summed E-state index contributed by atoms with van der Waals surface area (Å²) in [7, 11) is -3.75. The van der Waals surface area contributed by atoms with Crippen LogP contribution in [0.4, 0.5) is 11.6 Å². The number of fused-ring (bicyclic) bond motifs is 1. The number of hydrogen-bond donors (Lipinski definition) is 1. The number of sulfonamides is 1. The van der Waals surface area contributed by atoms with Crippen LogP contribution >= 0.6 is 15.9 Å². The van der Waals surface area contributed by atoms with Crippen molar-refractivity contribution < 1.29 is 8.42 Å². The summed E-state index contributed by atoms with van der Waals surface area (Å²) < 4.78 is 23.7. The first kappa shape index (κ1) is 18.5. The zero-order valence-electron chi connectivity index (χ0n) is 14.4. The maximum absolute atomic E-state index is 11.4. The Morgan fingerprint density at radius 2 is 1.61 bits per heavy atom. The lowest BCUT2D eigenvalue weighted by Crippen LogP contribution is -2.11. The minimum atomic E-state index is -3.75. The molecule has 0 aliphatic rings. The second-order valence-corrected chi connectivity index (χ2v) is 8.53. The molecule has 8 heteroatoms. The Hall–Kier alpha value is -2.81. The van der Waals surface area contributed by atoms with Crippen molar-refractivity contribution in [3.63, 3.8) is 0 Å². The Kier molecular flexibility index (Phi) is 4.84. The number of benzene rings is 3. The van der Waals surface area contributed by atoms with Crippen LogP contribution < -0.4 is 10.5 Å². The van der Waals surface area contributed by atoms with E-state index in [1.54, 1.807) is 12.1 Å². The molecule has 0 unspecified atom stereocenters. The molecule has 1 aromatic heterocycles. The van der Waals surface area contributed by atoms with Crippen molar-refractivity contribution in [1.82, 2.24) is 15.3 Å². The van der Waals surface area contributed by atoms with Crippen LogP contribution in [0.5, 0.6) is 0 Å². The van der Waals surface area contributed by atoms with Crippen molar-refractivity contribution in [2.75, 3.05) is 0 Å². The second-order valence-electron chi connectivity index (χ2n) is 6.05. The Labute approximate surface area is 170 Å². The number of hydrogen-bond acceptors (Lipinski definition) is 4. The predicted octanol–water partition coefficient (Wildman–Crippen LogP) is 4.27. The molecule has 0 saturated heterocycles. The van der Waals surface area contributed by atoms with E-state index in [0.717, 1.165) is 26.6 Å². The third kappa shape index (κ3) is 3.89. The van der Waals surface area contributed by atoms with E-state index in [9.17, 15) is 8.42 Å². The summed E-state index contributed by atoms with van der Waals surface area (Å²) in [5, 5.41) is 10.5. The summed E-state index contributed by atoms with van der Waals surface area (Å²) >= 11 is 3.50. The van der Waals surface area contributed by atoms with Crippen LogP contribution in [0, 0.1) is 0 Å². The van der Waals surface area contributed by atoms with Gasteiger partial charge in [0.1, 0.15) is 0 Å². The first-order chi connectivity index (χ1) is 13.4. The third-order valence-electron chi connectivity index (χ3n) is 4.09. The molecule has 0 aliphatic heterocycles.